The van der Waals surface area contributed by atoms with Gasteiger partial charge in [-0.1, -0.05) is 36.4 Å². The van der Waals surface area contributed by atoms with E-state index in [2.05, 4.69) is 61.7 Å². The van der Waals surface area contributed by atoms with Crippen molar-refractivity contribution in [3.8, 4) is 0 Å². The van der Waals surface area contributed by atoms with Gasteiger partial charge in [0.15, 0.2) is 0 Å². The molecule has 2 aromatic rings. The third-order valence-corrected chi connectivity index (χ3v) is 4.87. The molecule has 1 aliphatic rings. The maximum absolute atomic E-state index is 4.96. The molecule has 0 saturated heterocycles. The zero-order chi connectivity index (χ0) is 14.7. The number of thioether (sulfide) groups is 1. The van der Waals surface area contributed by atoms with Crippen molar-refractivity contribution in [3.63, 3.8) is 0 Å². The van der Waals surface area contributed by atoms with Crippen molar-refractivity contribution in [2.45, 2.75) is 37.1 Å². The Kier molecular flexibility index (Phi) is 4.45. The summed E-state index contributed by atoms with van der Waals surface area (Å²) in [5.74, 6) is 0. The number of hydrogen-bond acceptors (Lipinski definition) is 2. The van der Waals surface area contributed by atoms with E-state index in [-0.39, 0.29) is 6.04 Å². The summed E-state index contributed by atoms with van der Waals surface area (Å²) in [5, 5.41) is 0. The summed E-state index contributed by atoms with van der Waals surface area (Å²) >= 11 is 1.82. The van der Waals surface area contributed by atoms with Gasteiger partial charge in [-0.15, -0.1) is 11.8 Å². The van der Waals surface area contributed by atoms with E-state index in [1.807, 2.05) is 11.8 Å². The first-order chi connectivity index (χ1) is 10.3. The molecule has 1 unspecified atom stereocenters. The van der Waals surface area contributed by atoms with Crippen LogP contribution in [-0.4, -0.2) is 12.0 Å². The fourth-order valence-electron chi connectivity index (χ4n) is 2.91. The number of aliphatic imine (C=N–C) groups is 1. The highest BCUT2D eigenvalue weighted by atomic mass is 32.2. The van der Waals surface area contributed by atoms with Gasteiger partial charge in [-0.05, 0) is 54.8 Å². The second-order valence-electron chi connectivity index (χ2n) is 5.59. The van der Waals surface area contributed by atoms with Crippen LogP contribution in [0.4, 0.5) is 0 Å². The van der Waals surface area contributed by atoms with Crippen LogP contribution in [0.15, 0.2) is 58.4 Å². The van der Waals surface area contributed by atoms with Crippen molar-refractivity contribution in [3.05, 3.63) is 65.2 Å². The topological polar surface area (TPSA) is 12.4 Å². The maximum atomic E-state index is 4.96. The minimum atomic E-state index is 0.258. The normalized spacial score (nSPS) is 17.5. The summed E-state index contributed by atoms with van der Waals surface area (Å²) in [6.45, 7) is 2.19. The van der Waals surface area contributed by atoms with Crippen LogP contribution in [0.3, 0.4) is 0 Å². The molecular weight excluding hydrogens is 274 g/mol. The number of fused-ring (bicyclic) bond motifs is 1. The predicted molar refractivity (Wildman–Crippen MR) is 92.5 cm³/mol. The molecule has 0 bridgehead atoms. The molecule has 1 atom stereocenters. The summed E-state index contributed by atoms with van der Waals surface area (Å²) < 4.78 is 0. The number of hydrogen-bond donors (Lipinski definition) is 0. The minimum Gasteiger partial charge on any atom is -0.286 e. The highest BCUT2D eigenvalue weighted by Gasteiger charge is 2.15. The van der Waals surface area contributed by atoms with Crippen molar-refractivity contribution >= 4 is 17.5 Å². The molecule has 0 heterocycles. The van der Waals surface area contributed by atoms with Crippen LogP contribution in [0.25, 0.3) is 0 Å². The smallest absolute Gasteiger partial charge is 0.0720 e. The van der Waals surface area contributed by atoms with Crippen LogP contribution in [-0.2, 0) is 12.8 Å². The second-order valence-corrected chi connectivity index (χ2v) is 6.47. The fraction of sp³-hybridized carbons (Fsp3) is 0.316. The van der Waals surface area contributed by atoms with Gasteiger partial charge in [0.1, 0.15) is 0 Å². The lowest BCUT2D eigenvalue weighted by Crippen LogP contribution is -2.14. The standard InChI is InChI=1S/C19H21NS/c1-14(15-6-4-3-5-7-15)20-18-10-8-17-13-19(21-2)11-9-16(17)12-18/h3-7,9,11,13-14H,8,10,12H2,1-2H3. The van der Waals surface area contributed by atoms with Gasteiger partial charge in [0.25, 0.3) is 0 Å². The first-order valence-corrected chi connectivity index (χ1v) is 8.75. The molecule has 2 heteroatoms. The molecule has 0 aliphatic heterocycles. The SMILES string of the molecule is CSc1ccc2c(c1)CCC(=NC(C)c1ccccc1)C2. The first kappa shape index (κ1) is 14.4. The van der Waals surface area contributed by atoms with Crippen LogP contribution in [0.1, 0.15) is 36.1 Å². The summed E-state index contributed by atoms with van der Waals surface area (Å²) in [4.78, 5) is 6.33. The van der Waals surface area contributed by atoms with Crippen molar-refractivity contribution in [2.75, 3.05) is 6.26 Å². The Bertz CT molecular complexity index is 646. The van der Waals surface area contributed by atoms with E-state index in [0.717, 1.165) is 19.3 Å². The van der Waals surface area contributed by atoms with Crippen LogP contribution >= 0.6 is 11.8 Å². The lowest BCUT2D eigenvalue weighted by molar-refractivity contribution is 0.797. The Morgan fingerprint density at radius 1 is 1.00 bits per heavy atom. The quantitative estimate of drug-likeness (QED) is 0.718. The molecule has 21 heavy (non-hydrogen) atoms. The van der Waals surface area contributed by atoms with E-state index in [9.17, 15) is 0 Å². The molecule has 0 saturated carbocycles. The van der Waals surface area contributed by atoms with E-state index in [1.54, 1.807) is 0 Å². The molecular formula is C19H21NS. The Morgan fingerprint density at radius 3 is 2.57 bits per heavy atom. The molecule has 0 N–H and O–H groups in total. The van der Waals surface area contributed by atoms with Gasteiger partial charge in [0.05, 0.1) is 6.04 Å². The van der Waals surface area contributed by atoms with E-state index in [4.69, 9.17) is 4.99 Å². The summed E-state index contributed by atoms with van der Waals surface area (Å²) in [6.07, 6.45) is 5.38. The largest absolute Gasteiger partial charge is 0.286 e. The Labute approximate surface area is 131 Å². The average molecular weight is 295 g/mol. The van der Waals surface area contributed by atoms with E-state index < -0.39 is 0 Å². The lowest BCUT2D eigenvalue weighted by Gasteiger charge is -2.20. The Hall–Kier alpha value is -1.54. The van der Waals surface area contributed by atoms with Crippen LogP contribution in [0, 0.1) is 0 Å². The summed E-state index contributed by atoms with van der Waals surface area (Å²) in [7, 11) is 0. The molecule has 2 aromatic carbocycles. The van der Waals surface area contributed by atoms with E-state index >= 15 is 0 Å². The second kappa shape index (κ2) is 6.48. The third-order valence-electron chi connectivity index (χ3n) is 4.15. The van der Waals surface area contributed by atoms with Crippen molar-refractivity contribution in [1.82, 2.24) is 0 Å². The minimum absolute atomic E-state index is 0.258. The monoisotopic (exact) mass is 295 g/mol. The van der Waals surface area contributed by atoms with Gasteiger partial charge in [-0.25, -0.2) is 0 Å². The average Bonchev–Trinajstić information content (AvgIpc) is 2.55. The van der Waals surface area contributed by atoms with Gasteiger partial charge in [-0.2, -0.15) is 0 Å². The number of rotatable bonds is 3. The summed E-state index contributed by atoms with van der Waals surface area (Å²) in [6, 6.07) is 17.7. The molecule has 1 aliphatic carbocycles. The summed E-state index contributed by atoms with van der Waals surface area (Å²) in [5.41, 5.74) is 5.61. The van der Waals surface area contributed by atoms with Crippen LogP contribution < -0.4 is 0 Å². The van der Waals surface area contributed by atoms with Gasteiger partial charge >= 0.3 is 0 Å². The van der Waals surface area contributed by atoms with E-state index in [1.165, 1.54) is 27.3 Å². The highest BCUT2D eigenvalue weighted by molar-refractivity contribution is 7.98. The van der Waals surface area contributed by atoms with Gasteiger partial charge < -0.3 is 0 Å². The molecule has 3 rings (SSSR count). The number of benzene rings is 2. The first-order valence-electron chi connectivity index (χ1n) is 7.52. The van der Waals surface area contributed by atoms with E-state index in [0.29, 0.717) is 0 Å². The molecule has 0 radical (unpaired) electrons. The van der Waals surface area contributed by atoms with Crippen molar-refractivity contribution < 1.29 is 0 Å². The number of aryl methyl sites for hydroxylation is 1. The van der Waals surface area contributed by atoms with Crippen molar-refractivity contribution in [1.29, 1.82) is 0 Å². The molecule has 108 valence electrons. The van der Waals surface area contributed by atoms with Gasteiger partial charge in [-0.3, -0.25) is 4.99 Å². The molecule has 0 spiro atoms. The molecule has 0 aromatic heterocycles. The lowest BCUT2D eigenvalue weighted by atomic mass is 9.90. The highest BCUT2D eigenvalue weighted by Crippen LogP contribution is 2.26. The van der Waals surface area contributed by atoms with Crippen molar-refractivity contribution in [2.24, 2.45) is 4.99 Å². The molecule has 0 amide bonds. The third kappa shape index (κ3) is 3.38. The Balaban J connectivity index is 1.78. The number of nitrogens with zero attached hydrogens (tertiary/aromatic N) is 1. The van der Waals surface area contributed by atoms with Gasteiger partial charge in [0.2, 0.25) is 0 Å². The molecule has 1 nitrogen and oxygen atoms in total. The zero-order valence-electron chi connectivity index (χ0n) is 12.7. The Morgan fingerprint density at radius 2 is 1.81 bits per heavy atom. The molecule has 0 fully saturated rings. The predicted octanol–water partition coefficient (Wildman–Crippen LogP) is 5.10. The zero-order valence-corrected chi connectivity index (χ0v) is 13.5. The van der Waals surface area contributed by atoms with Crippen LogP contribution in [0.2, 0.25) is 0 Å². The fourth-order valence-corrected chi connectivity index (χ4v) is 3.38. The van der Waals surface area contributed by atoms with Crippen LogP contribution in [0.5, 0.6) is 0 Å². The van der Waals surface area contributed by atoms with Gasteiger partial charge in [0, 0.05) is 17.0 Å². The maximum Gasteiger partial charge on any atom is 0.0720 e.